The van der Waals surface area contributed by atoms with Crippen molar-refractivity contribution < 1.29 is 17.9 Å². The Bertz CT molecular complexity index is 612. The highest BCUT2D eigenvalue weighted by molar-refractivity contribution is 9.10. The number of carbonyl (C=O) groups is 1. The summed E-state index contributed by atoms with van der Waals surface area (Å²) in [7, 11) is -2.03. The molecule has 18 heavy (non-hydrogen) atoms. The summed E-state index contributed by atoms with van der Waals surface area (Å²) in [6.07, 6.45) is 1.78. The molecule has 0 spiro atoms. The largest absolute Gasteiger partial charge is 0.465 e. The molecule has 0 saturated heterocycles. The first-order valence-corrected chi connectivity index (χ1v) is 7.87. The quantitative estimate of drug-likeness (QED) is 0.770. The second kappa shape index (κ2) is 4.55. The van der Waals surface area contributed by atoms with Gasteiger partial charge in [-0.05, 0) is 24.1 Å². The lowest BCUT2D eigenvalue weighted by molar-refractivity contribution is 0.0600. The predicted molar refractivity (Wildman–Crippen MR) is 71.4 cm³/mol. The van der Waals surface area contributed by atoms with Gasteiger partial charge in [0.05, 0.1) is 24.6 Å². The number of methoxy groups -OCH3 is 1. The van der Waals surface area contributed by atoms with Gasteiger partial charge < -0.3 is 4.74 Å². The molecule has 0 saturated carbocycles. The van der Waals surface area contributed by atoms with E-state index in [1.54, 1.807) is 12.1 Å². The first-order valence-electron chi connectivity index (χ1n) is 5.23. The fraction of sp³-hybridized carbons (Fsp3) is 0.364. The number of ether oxygens (including phenoxy) is 1. The number of sulfonamides is 1. The molecule has 98 valence electrons. The summed E-state index contributed by atoms with van der Waals surface area (Å²) in [5.41, 5.74) is 1.78. The standard InChI is InChI=1S/C11H12BrNO4S/c1-17-11(14)7-5-9(12)8-3-4-13(10(8)6-7)18(2,15)16/h5-6H,3-4H2,1-2H3. The average molecular weight is 334 g/mol. The summed E-state index contributed by atoms with van der Waals surface area (Å²) < 4.78 is 30.0. The minimum absolute atomic E-state index is 0.332. The molecule has 0 unspecified atom stereocenters. The van der Waals surface area contributed by atoms with Gasteiger partial charge >= 0.3 is 5.97 Å². The molecule has 0 N–H and O–H groups in total. The van der Waals surface area contributed by atoms with Crippen molar-refractivity contribution in [2.24, 2.45) is 0 Å². The van der Waals surface area contributed by atoms with E-state index >= 15 is 0 Å². The Morgan fingerprint density at radius 3 is 2.67 bits per heavy atom. The number of carbonyl (C=O) groups excluding carboxylic acids is 1. The summed E-state index contributed by atoms with van der Waals surface area (Å²) in [5, 5.41) is 0. The average Bonchev–Trinajstić information content (AvgIpc) is 2.71. The monoisotopic (exact) mass is 333 g/mol. The lowest BCUT2D eigenvalue weighted by atomic mass is 10.1. The number of fused-ring (bicyclic) bond motifs is 1. The minimum Gasteiger partial charge on any atom is -0.465 e. The Labute approximate surface area is 114 Å². The molecular formula is C11H12BrNO4S. The molecule has 0 amide bonds. The third-order valence-electron chi connectivity index (χ3n) is 2.83. The van der Waals surface area contributed by atoms with Gasteiger partial charge in [0.2, 0.25) is 10.0 Å². The van der Waals surface area contributed by atoms with E-state index in [1.165, 1.54) is 11.4 Å². The molecule has 1 aliphatic rings. The maximum absolute atomic E-state index is 11.7. The SMILES string of the molecule is COC(=O)c1cc(Br)c2c(c1)N(S(C)(=O)=O)CC2. The van der Waals surface area contributed by atoms with Crippen LogP contribution in [0.4, 0.5) is 5.69 Å². The molecule has 0 fully saturated rings. The minimum atomic E-state index is -3.32. The highest BCUT2D eigenvalue weighted by Gasteiger charge is 2.29. The molecule has 1 aromatic rings. The molecule has 7 heteroatoms. The van der Waals surface area contributed by atoms with Gasteiger partial charge in [0.1, 0.15) is 0 Å². The molecule has 1 heterocycles. The van der Waals surface area contributed by atoms with E-state index in [0.29, 0.717) is 24.2 Å². The summed E-state index contributed by atoms with van der Waals surface area (Å²) in [6, 6.07) is 3.20. The van der Waals surface area contributed by atoms with Crippen LogP contribution in [0.1, 0.15) is 15.9 Å². The van der Waals surface area contributed by atoms with E-state index in [1.807, 2.05) is 0 Å². The fourth-order valence-corrected chi connectivity index (χ4v) is 3.60. The number of hydrogen-bond acceptors (Lipinski definition) is 4. The van der Waals surface area contributed by atoms with E-state index in [-0.39, 0.29) is 0 Å². The number of esters is 1. The van der Waals surface area contributed by atoms with Gasteiger partial charge in [-0.3, -0.25) is 4.31 Å². The zero-order valence-electron chi connectivity index (χ0n) is 9.94. The Morgan fingerprint density at radius 1 is 1.44 bits per heavy atom. The van der Waals surface area contributed by atoms with Crippen molar-refractivity contribution in [2.75, 3.05) is 24.2 Å². The number of benzene rings is 1. The third kappa shape index (κ3) is 2.24. The molecule has 0 aliphatic carbocycles. The summed E-state index contributed by atoms with van der Waals surface area (Å²) in [5.74, 6) is -0.487. The molecule has 0 atom stereocenters. The molecule has 1 aromatic carbocycles. The maximum Gasteiger partial charge on any atom is 0.337 e. The lowest BCUT2D eigenvalue weighted by Gasteiger charge is -2.17. The van der Waals surface area contributed by atoms with Gasteiger partial charge in [-0.1, -0.05) is 15.9 Å². The zero-order valence-corrected chi connectivity index (χ0v) is 12.3. The number of hydrogen-bond donors (Lipinski definition) is 0. The van der Waals surface area contributed by atoms with Crippen molar-refractivity contribution in [1.82, 2.24) is 0 Å². The molecule has 0 bridgehead atoms. The Hall–Kier alpha value is -1.08. The highest BCUT2D eigenvalue weighted by Crippen LogP contribution is 2.36. The summed E-state index contributed by atoms with van der Waals surface area (Å²) >= 11 is 3.36. The topological polar surface area (TPSA) is 63.7 Å². The van der Waals surface area contributed by atoms with Crippen molar-refractivity contribution in [3.63, 3.8) is 0 Å². The van der Waals surface area contributed by atoms with Gasteiger partial charge in [0, 0.05) is 11.0 Å². The van der Waals surface area contributed by atoms with Crippen LogP contribution in [0.5, 0.6) is 0 Å². The molecular weight excluding hydrogens is 322 g/mol. The van der Waals surface area contributed by atoms with Crippen LogP contribution in [0, 0.1) is 0 Å². The van der Waals surface area contributed by atoms with Gasteiger partial charge in [-0.2, -0.15) is 0 Å². The summed E-state index contributed by atoms with van der Waals surface area (Å²) in [4.78, 5) is 11.5. The van der Waals surface area contributed by atoms with Gasteiger partial charge in [0.25, 0.3) is 0 Å². The number of rotatable bonds is 2. The van der Waals surface area contributed by atoms with Crippen molar-refractivity contribution in [2.45, 2.75) is 6.42 Å². The third-order valence-corrected chi connectivity index (χ3v) is 4.71. The highest BCUT2D eigenvalue weighted by atomic mass is 79.9. The van der Waals surface area contributed by atoms with Crippen molar-refractivity contribution >= 4 is 37.6 Å². The van der Waals surface area contributed by atoms with E-state index in [9.17, 15) is 13.2 Å². The Kier molecular flexibility index (Phi) is 3.37. The van der Waals surface area contributed by atoms with Crippen LogP contribution < -0.4 is 4.31 Å². The van der Waals surface area contributed by atoms with Crippen LogP contribution in [-0.4, -0.2) is 34.3 Å². The second-order valence-corrected chi connectivity index (χ2v) is 6.79. The maximum atomic E-state index is 11.7. The normalized spacial score (nSPS) is 14.5. The first kappa shape index (κ1) is 13.4. The lowest BCUT2D eigenvalue weighted by Crippen LogP contribution is -2.27. The van der Waals surface area contributed by atoms with Crippen LogP contribution in [-0.2, 0) is 21.2 Å². The van der Waals surface area contributed by atoms with Gasteiger partial charge in [-0.15, -0.1) is 0 Å². The zero-order chi connectivity index (χ0) is 13.5. The van der Waals surface area contributed by atoms with Gasteiger partial charge in [0.15, 0.2) is 0 Å². The van der Waals surface area contributed by atoms with E-state index < -0.39 is 16.0 Å². The molecule has 1 aliphatic heterocycles. The smallest absolute Gasteiger partial charge is 0.337 e. The number of anilines is 1. The summed E-state index contributed by atoms with van der Waals surface area (Å²) in [6.45, 7) is 0.400. The second-order valence-electron chi connectivity index (χ2n) is 4.03. The molecule has 0 radical (unpaired) electrons. The molecule has 2 rings (SSSR count). The molecule has 5 nitrogen and oxygen atoms in total. The molecule has 0 aromatic heterocycles. The van der Waals surface area contributed by atoms with E-state index in [4.69, 9.17) is 0 Å². The van der Waals surface area contributed by atoms with Crippen molar-refractivity contribution in [3.8, 4) is 0 Å². The van der Waals surface area contributed by atoms with Crippen LogP contribution >= 0.6 is 15.9 Å². The van der Waals surface area contributed by atoms with Crippen LogP contribution in [0.2, 0.25) is 0 Å². The van der Waals surface area contributed by atoms with Crippen molar-refractivity contribution in [1.29, 1.82) is 0 Å². The van der Waals surface area contributed by atoms with Crippen LogP contribution in [0.25, 0.3) is 0 Å². The number of halogens is 1. The van der Waals surface area contributed by atoms with E-state index in [0.717, 1.165) is 16.3 Å². The number of nitrogens with zero attached hydrogens (tertiary/aromatic N) is 1. The van der Waals surface area contributed by atoms with Crippen LogP contribution in [0.3, 0.4) is 0 Å². The van der Waals surface area contributed by atoms with Crippen molar-refractivity contribution in [3.05, 3.63) is 27.7 Å². The van der Waals surface area contributed by atoms with E-state index in [2.05, 4.69) is 20.7 Å². The Morgan fingerprint density at radius 2 is 2.11 bits per heavy atom. The Balaban J connectivity index is 2.58. The first-order chi connectivity index (χ1) is 8.34. The fourth-order valence-electron chi connectivity index (χ4n) is 2.01. The predicted octanol–water partition coefficient (Wildman–Crippen LogP) is 1.56. The van der Waals surface area contributed by atoms with Crippen LogP contribution in [0.15, 0.2) is 16.6 Å². The van der Waals surface area contributed by atoms with Gasteiger partial charge in [-0.25, -0.2) is 13.2 Å².